The third kappa shape index (κ3) is 3.54. The molecule has 0 atom stereocenters. The zero-order valence-electron chi connectivity index (χ0n) is 10.8. The molecule has 1 N–H and O–H groups in total. The van der Waals surface area contributed by atoms with E-state index in [9.17, 15) is 8.42 Å². The summed E-state index contributed by atoms with van der Waals surface area (Å²) >= 11 is 0. The highest BCUT2D eigenvalue weighted by Crippen LogP contribution is 2.13. The summed E-state index contributed by atoms with van der Waals surface area (Å²) in [5.41, 5.74) is 1.67. The fourth-order valence-corrected chi connectivity index (χ4v) is 2.76. The van der Waals surface area contributed by atoms with Crippen LogP contribution < -0.4 is 4.72 Å². The van der Waals surface area contributed by atoms with Crippen LogP contribution in [0.4, 0.5) is 5.95 Å². The summed E-state index contributed by atoms with van der Waals surface area (Å²) in [6, 6.07) is 7.32. The summed E-state index contributed by atoms with van der Waals surface area (Å²) in [5.74, 6) is 0.259. The first kappa shape index (κ1) is 13.5. The third-order valence-corrected chi connectivity index (χ3v) is 3.81. The van der Waals surface area contributed by atoms with Gasteiger partial charge in [-0.1, -0.05) is 31.2 Å². The largest absolute Gasteiger partial charge is 0.337 e. The van der Waals surface area contributed by atoms with E-state index in [0.29, 0.717) is 12.3 Å². The lowest BCUT2D eigenvalue weighted by molar-refractivity contribution is 0.383. The number of nitrogens with zero attached hydrogens (tertiary/aromatic N) is 2. The molecule has 0 bridgehead atoms. The fraction of sp³-hybridized carbons (Fsp3) is 0.333. The number of benzene rings is 1. The van der Waals surface area contributed by atoms with E-state index < -0.39 is 10.0 Å². The Hall–Kier alpha value is -1.89. The van der Waals surface area contributed by atoms with Gasteiger partial charge in [-0.2, -0.15) is 4.98 Å². The zero-order chi connectivity index (χ0) is 13.9. The number of aromatic nitrogens is 2. The molecular weight excluding hydrogens is 266 g/mol. The van der Waals surface area contributed by atoms with E-state index in [1.165, 1.54) is 0 Å². The second-order valence-electron chi connectivity index (χ2n) is 4.15. The molecular formula is C12H15N3O3S. The number of sulfonamides is 1. The van der Waals surface area contributed by atoms with Gasteiger partial charge in [-0.15, -0.1) is 0 Å². The first-order valence-corrected chi connectivity index (χ1v) is 7.53. The molecule has 1 heterocycles. The molecule has 0 saturated carbocycles. The van der Waals surface area contributed by atoms with Gasteiger partial charge in [-0.05, 0) is 23.2 Å². The van der Waals surface area contributed by atoms with Crippen molar-refractivity contribution in [3.05, 3.63) is 41.3 Å². The van der Waals surface area contributed by atoms with Crippen molar-refractivity contribution in [3.63, 3.8) is 0 Å². The van der Waals surface area contributed by atoms with Crippen LogP contribution in [0, 0.1) is 6.92 Å². The van der Waals surface area contributed by atoms with Gasteiger partial charge in [0.05, 0.1) is 5.75 Å². The van der Waals surface area contributed by atoms with Crippen LogP contribution in [0.1, 0.15) is 23.9 Å². The summed E-state index contributed by atoms with van der Waals surface area (Å²) in [6.45, 7) is 3.72. The first-order chi connectivity index (χ1) is 9.00. The number of anilines is 1. The van der Waals surface area contributed by atoms with Gasteiger partial charge in [-0.25, -0.2) is 13.1 Å². The molecule has 0 aliphatic rings. The van der Waals surface area contributed by atoms with Crippen molar-refractivity contribution in [2.24, 2.45) is 0 Å². The molecule has 1 aromatic heterocycles. The molecule has 1 aromatic carbocycles. The molecule has 19 heavy (non-hydrogen) atoms. The van der Waals surface area contributed by atoms with E-state index in [1.807, 2.05) is 26.0 Å². The lowest BCUT2D eigenvalue weighted by Gasteiger charge is -2.06. The Kier molecular flexibility index (Phi) is 3.84. The maximum absolute atomic E-state index is 12.0. The van der Waals surface area contributed by atoms with Crippen LogP contribution in [-0.2, 0) is 22.2 Å². The highest BCUT2D eigenvalue weighted by atomic mass is 32.2. The number of hydrogen-bond donors (Lipinski definition) is 1. The maximum atomic E-state index is 12.0. The average Bonchev–Trinajstić information content (AvgIpc) is 2.78. The van der Waals surface area contributed by atoms with Crippen LogP contribution in [-0.4, -0.2) is 18.6 Å². The van der Waals surface area contributed by atoms with E-state index in [-0.39, 0.29) is 11.7 Å². The van der Waals surface area contributed by atoms with Gasteiger partial charge in [0.25, 0.3) is 5.95 Å². The molecule has 2 aromatic rings. The van der Waals surface area contributed by atoms with E-state index in [4.69, 9.17) is 4.52 Å². The minimum atomic E-state index is -3.54. The standard InChI is InChI=1S/C12H15N3O3S/c1-3-11-13-12(14-18-11)15-19(16,17)8-10-7-5-4-6-9(10)2/h4-7H,3,8H2,1-2H3,(H,14,15). The smallest absolute Gasteiger partial charge is 0.277 e. The molecule has 0 unspecified atom stereocenters. The first-order valence-electron chi connectivity index (χ1n) is 5.88. The van der Waals surface area contributed by atoms with Crippen molar-refractivity contribution in [2.75, 3.05) is 4.72 Å². The summed E-state index contributed by atoms with van der Waals surface area (Å²) in [6.07, 6.45) is 0.562. The Morgan fingerprint density at radius 3 is 2.68 bits per heavy atom. The van der Waals surface area contributed by atoms with Gasteiger partial charge < -0.3 is 4.52 Å². The maximum Gasteiger partial charge on any atom is 0.277 e. The van der Waals surface area contributed by atoms with Crippen molar-refractivity contribution < 1.29 is 12.9 Å². The van der Waals surface area contributed by atoms with E-state index in [1.54, 1.807) is 12.1 Å². The summed E-state index contributed by atoms with van der Waals surface area (Å²) in [5, 5.41) is 3.56. The van der Waals surface area contributed by atoms with Crippen LogP contribution in [0.25, 0.3) is 0 Å². The topological polar surface area (TPSA) is 85.1 Å². The second-order valence-corrected chi connectivity index (χ2v) is 5.88. The highest BCUT2D eigenvalue weighted by molar-refractivity contribution is 7.91. The van der Waals surface area contributed by atoms with E-state index in [2.05, 4.69) is 14.9 Å². The molecule has 0 spiro atoms. The predicted molar refractivity (Wildman–Crippen MR) is 71.1 cm³/mol. The monoisotopic (exact) mass is 281 g/mol. The van der Waals surface area contributed by atoms with Crippen molar-refractivity contribution >= 4 is 16.0 Å². The number of hydrogen-bond acceptors (Lipinski definition) is 5. The summed E-state index contributed by atoms with van der Waals surface area (Å²) < 4.78 is 31.1. The number of rotatable bonds is 5. The van der Waals surface area contributed by atoms with Crippen LogP contribution in [0.15, 0.2) is 28.8 Å². The molecule has 6 nitrogen and oxygen atoms in total. The summed E-state index contributed by atoms with van der Waals surface area (Å²) in [4.78, 5) is 3.91. The molecule has 2 rings (SSSR count). The van der Waals surface area contributed by atoms with Crippen molar-refractivity contribution in [3.8, 4) is 0 Å². The molecule has 0 fully saturated rings. The van der Waals surface area contributed by atoms with Gasteiger partial charge in [0.1, 0.15) is 0 Å². The molecule has 102 valence electrons. The third-order valence-electron chi connectivity index (χ3n) is 2.62. The molecule has 0 amide bonds. The quantitative estimate of drug-likeness (QED) is 0.904. The lowest BCUT2D eigenvalue weighted by Crippen LogP contribution is -2.16. The van der Waals surface area contributed by atoms with Gasteiger partial charge in [-0.3, -0.25) is 0 Å². The molecule has 7 heteroatoms. The SMILES string of the molecule is CCc1nc(NS(=O)(=O)Cc2ccccc2C)no1. The lowest BCUT2D eigenvalue weighted by atomic mass is 10.1. The normalized spacial score (nSPS) is 11.5. The Bertz CT molecular complexity index is 664. The number of aryl methyl sites for hydroxylation is 2. The van der Waals surface area contributed by atoms with Gasteiger partial charge in [0.15, 0.2) is 0 Å². The highest BCUT2D eigenvalue weighted by Gasteiger charge is 2.16. The Labute approximate surface area is 111 Å². The van der Waals surface area contributed by atoms with Crippen LogP contribution in [0.2, 0.25) is 0 Å². The number of nitrogens with one attached hydrogen (secondary N) is 1. The zero-order valence-corrected chi connectivity index (χ0v) is 11.6. The molecule has 0 aliphatic heterocycles. The van der Waals surface area contributed by atoms with Crippen LogP contribution in [0.5, 0.6) is 0 Å². The Morgan fingerprint density at radius 2 is 2.05 bits per heavy atom. The minimum absolute atomic E-state index is 0.0227. The van der Waals surface area contributed by atoms with E-state index in [0.717, 1.165) is 11.1 Å². The Balaban J connectivity index is 2.13. The molecule has 0 radical (unpaired) electrons. The average molecular weight is 281 g/mol. The molecule has 0 saturated heterocycles. The predicted octanol–water partition coefficient (Wildman–Crippen LogP) is 1.88. The molecule has 0 aliphatic carbocycles. The summed E-state index contributed by atoms with van der Waals surface area (Å²) in [7, 11) is -3.54. The van der Waals surface area contributed by atoms with Crippen LogP contribution >= 0.6 is 0 Å². The van der Waals surface area contributed by atoms with Gasteiger partial charge >= 0.3 is 0 Å². The second kappa shape index (κ2) is 5.40. The Morgan fingerprint density at radius 1 is 1.32 bits per heavy atom. The minimum Gasteiger partial charge on any atom is -0.337 e. The van der Waals surface area contributed by atoms with Crippen molar-refractivity contribution in [1.29, 1.82) is 0 Å². The van der Waals surface area contributed by atoms with Crippen molar-refractivity contribution in [2.45, 2.75) is 26.0 Å². The van der Waals surface area contributed by atoms with Gasteiger partial charge in [0, 0.05) is 6.42 Å². The van der Waals surface area contributed by atoms with Gasteiger partial charge in [0.2, 0.25) is 15.9 Å². The van der Waals surface area contributed by atoms with Crippen LogP contribution in [0.3, 0.4) is 0 Å². The van der Waals surface area contributed by atoms with Crippen molar-refractivity contribution in [1.82, 2.24) is 10.1 Å². The fourth-order valence-electron chi connectivity index (χ4n) is 1.59. The van der Waals surface area contributed by atoms with E-state index >= 15 is 0 Å².